The minimum atomic E-state index is -0.262. The Morgan fingerprint density at radius 2 is 1.77 bits per heavy atom. The van der Waals surface area contributed by atoms with Crippen molar-refractivity contribution in [1.29, 1.82) is 0 Å². The molecule has 0 aliphatic heterocycles. The molecular formula is C21H20FN3O. The van der Waals surface area contributed by atoms with Gasteiger partial charge >= 0.3 is 0 Å². The van der Waals surface area contributed by atoms with Crippen molar-refractivity contribution in [2.45, 2.75) is 6.54 Å². The number of amides is 1. The molecule has 4 nitrogen and oxygen atoms in total. The molecule has 0 atom stereocenters. The number of halogens is 1. The van der Waals surface area contributed by atoms with E-state index in [1.54, 1.807) is 30.3 Å². The van der Waals surface area contributed by atoms with Crippen molar-refractivity contribution < 1.29 is 9.18 Å². The van der Waals surface area contributed by atoms with Gasteiger partial charge in [0, 0.05) is 24.8 Å². The maximum Gasteiger partial charge on any atom is 0.255 e. The van der Waals surface area contributed by atoms with E-state index in [4.69, 9.17) is 5.73 Å². The third-order valence-corrected chi connectivity index (χ3v) is 4.09. The molecule has 5 heteroatoms. The second-order valence-corrected chi connectivity index (χ2v) is 6.07. The van der Waals surface area contributed by atoms with E-state index in [9.17, 15) is 9.18 Å². The predicted molar refractivity (Wildman–Crippen MR) is 104 cm³/mol. The van der Waals surface area contributed by atoms with Gasteiger partial charge in [0.05, 0.1) is 11.4 Å². The molecule has 0 heterocycles. The number of benzene rings is 3. The Morgan fingerprint density at radius 3 is 2.46 bits per heavy atom. The van der Waals surface area contributed by atoms with Crippen LogP contribution in [0.15, 0.2) is 72.8 Å². The number of nitrogens with zero attached hydrogens (tertiary/aromatic N) is 1. The van der Waals surface area contributed by atoms with Crippen LogP contribution in [0.2, 0.25) is 0 Å². The maximum atomic E-state index is 13.3. The fourth-order valence-electron chi connectivity index (χ4n) is 2.65. The lowest BCUT2D eigenvalue weighted by Gasteiger charge is -2.19. The van der Waals surface area contributed by atoms with Gasteiger partial charge < -0.3 is 16.0 Å². The summed E-state index contributed by atoms with van der Waals surface area (Å²) in [6, 6.07) is 20.9. The average molecular weight is 349 g/mol. The topological polar surface area (TPSA) is 58.4 Å². The Hall–Kier alpha value is -3.34. The van der Waals surface area contributed by atoms with Crippen LogP contribution in [-0.4, -0.2) is 13.0 Å². The third-order valence-electron chi connectivity index (χ3n) is 4.09. The Morgan fingerprint density at radius 1 is 1.04 bits per heavy atom. The van der Waals surface area contributed by atoms with E-state index in [2.05, 4.69) is 5.32 Å². The highest BCUT2D eigenvalue weighted by molar-refractivity contribution is 6.05. The van der Waals surface area contributed by atoms with Crippen molar-refractivity contribution >= 4 is 23.0 Å². The molecule has 0 aliphatic carbocycles. The van der Waals surface area contributed by atoms with Gasteiger partial charge in [-0.25, -0.2) is 4.39 Å². The van der Waals surface area contributed by atoms with E-state index in [1.165, 1.54) is 12.1 Å². The summed E-state index contributed by atoms with van der Waals surface area (Å²) < 4.78 is 13.3. The first-order valence-electron chi connectivity index (χ1n) is 8.24. The lowest BCUT2D eigenvalue weighted by molar-refractivity contribution is 0.102. The van der Waals surface area contributed by atoms with Crippen molar-refractivity contribution in [2.75, 3.05) is 23.0 Å². The highest BCUT2D eigenvalue weighted by Crippen LogP contribution is 2.19. The van der Waals surface area contributed by atoms with Gasteiger partial charge in [-0.15, -0.1) is 0 Å². The van der Waals surface area contributed by atoms with Crippen molar-refractivity contribution in [3.05, 3.63) is 89.7 Å². The average Bonchev–Trinajstić information content (AvgIpc) is 2.64. The summed E-state index contributed by atoms with van der Waals surface area (Å²) in [5.41, 5.74) is 9.32. The van der Waals surface area contributed by atoms with Crippen LogP contribution < -0.4 is 16.0 Å². The zero-order valence-corrected chi connectivity index (χ0v) is 14.4. The van der Waals surface area contributed by atoms with E-state index in [0.717, 1.165) is 11.3 Å². The van der Waals surface area contributed by atoms with Crippen molar-refractivity contribution in [1.82, 2.24) is 0 Å². The Balaban J connectivity index is 1.66. The van der Waals surface area contributed by atoms with E-state index in [-0.39, 0.29) is 11.7 Å². The summed E-state index contributed by atoms with van der Waals surface area (Å²) in [6.45, 7) is 0.608. The smallest absolute Gasteiger partial charge is 0.255 e. The first-order valence-corrected chi connectivity index (χ1v) is 8.24. The number of nitrogen functional groups attached to an aromatic ring is 1. The molecule has 0 unspecified atom stereocenters. The molecule has 0 fully saturated rings. The molecule has 1 amide bonds. The van der Waals surface area contributed by atoms with Gasteiger partial charge in [-0.2, -0.15) is 0 Å². The number of carbonyl (C=O) groups excluding carboxylic acids is 1. The maximum absolute atomic E-state index is 13.3. The fourth-order valence-corrected chi connectivity index (χ4v) is 2.65. The van der Waals surface area contributed by atoms with Crippen LogP contribution in [0.4, 0.5) is 21.5 Å². The number of carbonyl (C=O) groups is 1. The number of nitrogens with two attached hydrogens (primary N) is 1. The lowest BCUT2D eigenvalue weighted by atomic mass is 10.1. The molecule has 0 bridgehead atoms. The summed E-state index contributed by atoms with van der Waals surface area (Å²) in [4.78, 5) is 14.3. The molecule has 26 heavy (non-hydrogen) atoms. The quantitative estimate of drug-likeness (QED) is 0.675. The molecule has 0 radical (unpaired) electrons. The largest absolute Gasteiger partial charge is 0.397 e. The zero-order valence-electron chi connectivity index (χ0n) is 14.4. The Bertz CT molecular complexity index is 909. The van der Waals surface area contributed by atoms with Crippen LogP contribution in [0.1, 0.15) is 15.9 Å². The third kappa shape index (κ3) is 4.19. The van der Waals surface area contributed by atoms with Crippen LogP contribution in [0.3, 0.4) is 0 Å². The molecule has 0 aliphatic rings. The van der Waals surface area contributed by atoms with Crippen LogP contribution in [-0.2, 0) is 6.54 Å². The van der Waals surface area contributed by atoms with Crippen LogP contribution in [0.5, 0.6) is 0 Å². The summed E-state index contributed by atoms with van der Waals surface area (Å²) in [7, 11) is 1.90. The Kier molecular flexibility index (Phi) is 5.17. The minimum Gasteiger partial charge on any atom is -0.397 e. The molecule has 3 aromatic carbocycles. The first-order chi connectivity index (χ1) is 12.5. The highest BCUT2D eigenvalue weighted by atomic mass is 19.1. The Labute approximate surface area is 152 Å². The monoisotopic (exact) mass is 349 g/mol. The zero-order chi connectivity index (χ0) is 18.5. The van der Waals surface area contributed by atoms with Crippen molar-refractivity contribution in [3.63, 3.8) is 0 Å². The van der Waals surface area contributed by atoms with Gasteiger partial charge in [0.2, 0.25) is 0 Å². The molecular weight excluding hydrogens is 329 g/mol. The normalized spacial score (nSPS) is 10.4. The SMILES string of the molecule is CN(Cc1ccc(C(=O)Nc2ccccc2N)cc1)c1cccc(F)c1. The number of anilines is 3. The number of hydrogen-bond acceptors (Lipinski definition) is 3. The number of rotatable bonds is 5. The molecule has 0 saturated heterocycles. The molecule has 3 rings (SSSR count). The van der Waals surface area contributed by atoms with Gasteiger partial charge in [0.25, 0.3) is 5.91 Å². The molecule has 0 saturated carbocycles. The van der Waals surface area contributed by atoms with Crippen molar-refractivity contribution in [2.24, 2.45) is 0 Å². The second kappa shape index (κ2) is 7.70. The van der Waals surface area contributed by atoms with Crippen molar-refractivity contribution in [3.8, 4) is 0 Å². The summed E-state index contributed by atoms with van der Waals surface area (Å²) in [5.74, 6) is -0.477. The summed E-state index contributed by atoms with van der Waals surface area (Å²) in [5, 5.41) is 2.80. The molecule has 0 spiro atoms. The summed E-state index contributed by atoms with van der Waals surface area (Å²) >= 11 is 0. The number of hydrogen-bond donors (Lipinski definition) is 2. The van der Waals surface area contributed by atoms with Gasteiger partial charge in [-0.1, -0.05) is 30.3 Å². The van der Waals surface area contributed by atoms with Crippen LogP contribution >= 0.6 is 0 Å². The second-order valence-electron chi connectivity index (χ2n) is 6.07. The summed E-state index contributed by atoms with van der Waals surface area (Å²) in [6.07, 6.45) is 0. The molecule has 0 aromatic heterocycles. The van der Waals surface area contributed by atoms with Gasteiger partial charge in [0.1, 0.15) is 5.82 Å². The number of nitrogens with one attached hydrogen (secondary N) is 1. The minimum absolute atomic E-state index is 0.215. The van der Waals surface area contributed by atoms with E-state index in [1.807, 2.05) is 42.3 Å². The highest BCUT2D eigenvalue weighted by Gasteiger charge is 2.09. The molecule has 3 aromatic rings. The van der Waals surface area contributed by atoms with E-state index < -0.39 is 0 Å². The van der Waals surface area contributed by atoms with E-state index >= 15 is 0 Å². The van der Waals surface area contributed by atoms with Crippen LogP contribution in [0.25, 0.3) is 0 Å². The lowest BCUT2D eigenvalue weighted by Crippen LogP contribution is -2.17. The van der Waals surface area contributed by atoms with Gasteiger partial charge in [0.15, 0.2) is 0 Å². The van der Waals surface area contributed by atoms with Crippen LogP contribution in [0, 0.1) is 5.82 Å². The fraction of sp³-hybridized carbons (Fsp3) is 0.0952. The van der Waals surface area contributed by atoms with E-state index in [0.29, 0.717) is 23.5 Å². The standard InChI is InChI=1S/C21H20FN3O/c1-25(18-6-4-5-17(22)13-18)14-15-9-11-16(12-10-15)21(26)24-20-8-3-2-7-19(20)23/h2-13H,14,23H2,1H3,(H,24,26). The van der Waals surface area contributed by atoms with Gasteiger partial charge in [-0.05, 0) is 48.0 Å². The van der Waals surface area contributed by atoms with Gasteiger partial charge in [-0.3, -0.25) is 4.79 Å². The molecule has 132 valence electrons. The predicted octanol–water partition coefficient (Wildman–Crippen LogP) is 4.30. The first kappa shape index (κ1) is 17.5. The molecule has 3 N–H and O–H groups in total. The number of para-hydroxylation sites is 2.